The van der Waals surface area contributed by atoms with Crippen LogP contribution < -0.4 is 16.2 Å². The van der Waals surface area contributed by atoms with E-state index in [9.17, 15) is 24.5 Å². The number of anilines is 2. The van der Waals surface area contributed by atoms with E-state index in [0.717, 1.165) is 5.56 Å². The predicted molar refractivity (Wildman–Crippen MR) is 112 cm³/mol. The lowest BCUT2D eigenvalue weighted by Crippen LogP contribution is -2.26. The minimum atomic E-state index is -0.544. The number of aromatic nitrogens is 1. The fourth-order valence-corrected chi connectivity index (χ4v) is 2.74. The molecule has 3 aromatic rings. The first-order valence-corrected chi connectivity index (χ1v) is 8.94. The van der Waals surface area contributed by atoms with Crippen molar-refractivity contribution in [3.8, 4) is 0 Å². The van der Waals surface area contributed by atoms with Crippen LogP contribution in [0.4, 0.5) is 17.1 Å². The van der Waals surface area contributed by atoms with Crippen molar-refractivity contribution in [2.45, 2.75) is 13.5 Å². The number of nitrogens with one attached hydrogen (secondary N) is 2. The Morgan fingerprint density at radius 1 is 1.00 bits per heavy atom. The summed E-state index contributed by atoms with van der Waals surface area (Å²) in [6.07, 6.45) is 1.60. The van der Waals surface area contributed by atoms with Crippen molar-refractivity contribution < 1.29 is 14.5 Å². The van der Waals surface area contributed by atoms with E-state index in [1.54, 1.807) is 30.5 Å². The highest BCUT2D eigenvalue weighted by Crippen LogP contribution is 2.18. The molecule has 0 radical (unpaired) electrons. The SMILES string of the molecule is Cc1ccc(=O)n(CC(=O)Nc2ccc(C(=O)Nc3cccc([N+](=O)[O-])c3)cc2)c1. The molecule has 2 N–H and O–H groups in total. The molecule has 152 valence electrons. The van der Waals surface area contributed by atoms with Gasteiger partial charge in [-0.1, -0.05) is 12.1 Å². The maximum absolute atomic E-state index is 12.3. The third kappa shape index (κ3) is 5.16. The summed E-state index contributed by atoms with van der Waals surface area (Å²) in [5.41, 5.74) is 1.54. The molecule has 0 aliphatic rings. The number of amides is 2. The Labute approximate surface area is 171 Å². The second-order valence-corrected chi connectivity index (χ2v) is 6.56. The standard InChI is InChI=1S/C21H18N4O5/c1-14-5-10-20(27)24(12-14)13-19(26)22-16-8-6-15(7-9-16)21(28)23-17-3-2-4-18(11-17)25(29)30/h2-12H,13H2,1H3,(H,22,26)(H,23,28). The number of hydrogen-bond donors (Lipinski definition) is 2. The van der Waals surface area contributed by atoms with Crippen LogP contribution in [0.15, 0.2) is 71.7 Å². The van der Waals surface area contributed by atoms with Crippen molar-refractivity contribution in [2.75, 3.05) is 10.6 Å². The highest BCUT2D eigenvalue weighted by Gasteiger charge is 2.11. The minimum Gasteiger partial charge on any atom is -0.325 e. The van der Waals surface area contributed by atoms with E-state index in [0.29, 0.717) is 16.9 Å². The van der Waals surface area contributed by atoms with Gasteiger partial charge in [-0.15, -0.1) is 0 Å². The lowest BCUT2D eigenvalue weighted by Gasteiger charge is -2.09. The van der Waals surface area contributed by atoms with Crippen LogP contribution in [-0.4, -0.2) is 21.3 Å². The zero-order valence-corrected chi connectivity index (χ0v) is 16.0. The van der Waals surface area contributed by atoms with Crippen LogP contribution in [0.2, 0.25) is 0 Å². The molecule has 0 unspecified atom stereocenters. The summed E-state index contributed by atoms with van der Waals surface area (Å²) in [4.78, 5) is 46.6. The molecule has 9 nitrogen and oxygen atoms in total. The second-order valence-electron chi connectivity index (χ2n) is 6.56. The fourth-order valence-electron chi connectivity index (χ4n) is 2.74. The number of non-ortho nitro benzene ring substituents is 1. The van der Waals surface area contributed by atoms with Gasteiger partial charge >= 0.3 is 0 Å². The first kappa shape index (κ1) is 20.5. The molecule has 0 aliphatic carbocycles. The predicted octanol–water partition coefficient (Wildman–Crippen LogP) is 2.96. The average Bonchev–Trinajstić information content (AvgIpc) is 2.71. The molecule has 9 heteroatoms. The Hall–Kier alpha value is -4.27. The van der Waals surface area contributed by atoms with Crippen molar-refractivity contribution in [1.82, 2.24) is 4.57 Å². The Balaban J connectivity index is 1.63. The molecule has 30 heavy (non-hydrogen) atoms. The van der Waals surface area contributed by atoms with E-state index in [2.05, 4.69) is 10.6 Å². The Bertz CT molecular complexity index is 1170. The van der Waals surface area contributed by atoms with Crippen molar-refractivity contribution in [1.29, 1.82) is 0 Å². The number of carbonyl (C=O) groups is 2. The van der Waals surface area contributed by atoms with Crippen LogP contribution in [0.25, 0.3) is 0 Å². The van der Waals surface area contributed by atoms with E-state index in [4.69, 9.17) is 0 Å². The molecule has 0 saturated heterocycles. The molecular formula is C21H18N4O5. The number of nitro benzene ring substituents is 1. The molecule has 0 bridgehead atoms. The normalized spacial score (nSPS) is 10.3. The van der Waals surface area contributed by atoms with Gasteiger partial charge in [0.05, 0.1) is 4.92 Å². The molecule has 2 aromatic carbocycles. The summed E-state index contributed by atoms with van der Waals surface area (Å²) in [6, 6.07) is 14.8. The number of pyridine rings is 1. The average molecular weight is 406 g/mol. The van der Waals surface area contributed by atoms with E-state index in [1.807, 2.05) is 6.92 Å². The zero-order valence-electron chi connectivity index (χ0n) is 16.0. The lowest BCUT2D eigenvalue weighted by molar-refractivity contribution is -0.384. The molecule has 0 saturated carbocycles. The van der Waals surface area contributed by atoms with Gasteiger partial charge in [-0.25, -0.2) is 0 Å². The van der Waals surface area contributed by atoms with Crippen LogP contribution in [-0.2, 0) is 11.3 Å². The quantitative estimate of drug-likeness (QED) is 0.481. The molecule has 3 rings (SSSR count). The third-order valence-electron chi connectivity index (χ3n) is 4.19. The fraction of sp³-hybridized carbons (Fsp3) is 0.0952. The summed E-state index contributed by atoms with van der Waals surface area (Å²) in [5.74, 6) is -0.823. The third-order valence-corrected chi connectivity index (χ3v) is 4.19. The molecule has 0 aliphatic heterocycles. The molecule has 1 heterocycles. The topological polar surface area (TPSA) is 123 Å². The number of nitro groups is 1. The van der Waals surface area contributed by atoms with E-state index in [1.165, 1.54) is 41.0 Å². The van der Waals surface area contributed by atoms with Gasteiger partial charge in [-0.3, -0.25) is 24.5 Å². The maximum atomic E-state index is 12.3. The minimum absolute atomic E-state index is 0.126. The van der Waals surface area contributed by atoms with Gasteiger partial charge in [0, 0.05) is 41.3 Å². The largest absolute Gasteiger partial charge is 0.325 e. The molecule has 1 aromatic heterocycles. The van der Waals surface area contributed by atoms with Gasteiger partial charge in [-0.05, 0) is 42.8 Å². The van der Waals surface area contributed by atoms with Crippen LogP contribution in [0.1, 0.15) is 15.9 Å². The number of rotatable bonds is 6. The summed E-state index contributed by atoms with van der Waals surface area (Å²) >= 11 is 0. The second kappa shape index (κ2) is 8.82. The Morgan fingerprint density at radius 2 is 1.73 bits per heavy atom. The zero-order chi connectivity index (χ0) is 21.7. The van der Waals surface area contributed by atoms with Gasteiger partial charge in [0.2, 0.25) is 5.91 Å². The highest BCUT2D eigenvalue weighted by molar-refractivity contribution is 6.04. The Kier molecular flexibility index (Phi) is 6.02. The molecule has 0 fully saturated rings. The van der Waals surface area contributed by atoms with Crippen molar-refractivity contribution in [3.63, 3.8) is 0 Å². The lowest BCUT2D eigenvalue weighted by atomic mass is 10.2. The summed E-state index contributed by atoms with van der Waals surface area (Å²) in [6.45, 7) is 1.70. The van der Waals surface area contributed by atoms with E-state index >= 15 is 0 Å². The van der Waals surface area contributed by atoms with Crippen LogP contribution in [0, 0.1) is 17.0 Å². The maximum Gasteiger partial charge on any atom is 0.271 e. The van der Waals surface area contributed by atoms with Crippen LogP contribution in [0.5, 0.6) is 0 Å². The van der Waals surface area contributed by atoms with Gasteiger partial charge in [-0.2, -0.15) is 0 Å². The van der Waals surface area contributed by atoms with Gasteiger partial charge in [0.1, 0.15) is 6.54 Å². The van der Waals surface area contributed by atoms with Gasteiger partial charge in [0.15, 0.2) is 0 Å². The first-order chi connectivity index (χ1) is 14.3. The van der Waals surface area contributed by atoms with Gasteiger partial charge in [0.25, 0.3) is 17.2 Å². The number of nitrogens with zero attached hydrogens (tertiary/aromatic N) is 2. The van der Waals surface area contributed by atoms with Crippen molar-refractivity contribution >= 4 is 28.9 Å². The molecule has 2 amide bonds. The molecule has 0 spiro atoms. The van der Waals surface area contributed by atoms with E-state index < -0.39 is 10.8 Å². The first-order valence-electron chi connectivity index (χ1n) is 8.94. The van der Waals surface area contributed by atoms with Crippen molar-refractivity contribution in [3.05, 3.63) is 98.5 Å². The monoisotopic (exact) mass is 406 g/mol. The number of aryl methyl sites for hydroxylation is 1. The summed E-state index contributed by atoms with van der Waals surface area (Å²) in [7, 11) is 0. The smallest absolute Gasteiger partial charge is 0.271 e. The van der Waals surface area contributed by atoms with Gasteiger partial charge < -0.3 is 15.2 Å². The number of hydrogen-bond acceptors (Lipinski definition) is 5. The molecule has 0 atom stereocenters. The number of benzene rings is 2. The van der Waals surface area contributed by atoms with Crippen LogP contribution in [0.3, 0.4) is 0 Å². The van der Waals surface area contributed by atoms with Crippen LogP contribution >= 0.6 is 0 Å². The Morgan fingerprint density at radius 3 is 2.43 bits per heavy atom. The summed E-state index contributed by atoms with van der Waals surface area (Å²) < 4.78 is 1.31. The van der Waals surface area contributed by atoms with Crippen molar-refractivity contribution in [2.24, 2.45) is 0 Å². The molecular weight excluding hydrogens is 388 g/mol. The highest BCUT2D eigenvalue weighted by atomic mass is 16.6. The number of carbonyl (C=O) groups excluding carboxylic acids is 2. The van der Waals surface area contributed by atoms with E-state index in [-0.39, 0.29) is 23.7 Å². The summed E-state index contributed by atoms with van der Waals surface area (Å²) in [5, 5.41) is 16.1.